The predicted molar refractivity (Wildman–Crippen MR) is 74.1 cm³/mol. The van der Waals surface area contributed by atoms with E-state index >= 15 is 0 Å². The summed E-state index contributed by atoms with van der Waals surface area (Å²) < 4.78 is 19.1. The zero-order chi connectivity index (χ0) is 15.5. The fourth-order valence-corrected chi connectivity index (χ4v) is 3.13. The lowest BCUT2D eigenvalue weighted by Gasteiger charge is -2.23. The number of imidazole rings is 1. The van der Waals surface area contributed by atoms with Crippen molar-refractivity contribution in [3.8, 4) is 0 Å². The van der Waals surface area contributed by atoms with E-state index in [1.54, 1.807) is 24.7 Å². The molecule has 0 aliphatic carbocycles. The average Bonchev–Trinajstić information content (AvgIpc) is 3.10. The van der Waals surface area contributed by atoms with E-state index in [1.807, 2.05) is 0 Å². The summed E-state index contributed by atoms with van der Waals surface area (Å²) >= 11 is 6.01. The van der Waals surface area contributed by atoms with Crippen LogP contribution in [0.4, 0.5) is 0 Å². The summed E-state index contributed by atoms with van der Waals surface area (Å²) in [5, 5.41) is 0.258. The first-order valence-corrected chi connectivity index (χ1v) is 7.17. The first-order chi connectivity index (χ1) is 10.5. The monoisotopic (exact) mass is 324 g/mol. The summed E-state index contributed by atoms with van der Waals surface area (Å²) in [6.07, 6.45) is 1.45. The van der Waals surface area contributed by atoms with Crippen molar-refractivity contribution in [2.24, 2.45) is 0 Å². The number of carbonyl (C=O) groups is 1. The summed E-state index contributed by atoms with van der Waals surface area (Å²) in [4.78, 5) is 23.5. The van der Waals surface area contributed by atoms with E-state index in [0.29, 0.717) is 11.2 Å². The molecule has 0 saturated carbocycles. The van der Waals surface area contributed by atoms with Crippen LogP contribution in [0.2, 0.25) is 5.15 Å². The summed E-state index contributed by atoms with van der Waals surface area (Å²) in [5.41, 5.74) is 0.987. The Morgan fingerprint density at radius 2 is 2.05 bits per heavy atom. The number of rotatable bonds is 2. The summed E-state index contributed by atoms with van der Waals surface area (Å²) in [6, 6.07) is 0. The van der Waals surface area contributed by atoms with E-state index in [0.717, 1.165) is 6.29 Å². The first-order valence-electron chi connectivity index (χ1n) is 6.79. The maximum atomic E-state index is 11.3. The molecule has 22 heavy (non-hydrogen) atoms. The normalized spacial score (nSPS) is 33.2. The Morgan fingerprint density at radius 3 is 2.82 bits per heavy atom. The van der Waals surface area contributed by atoms with Crippen molar-refractivity contribution >= 4 is 29.1 Å². The van der Waals surface area contributed by atoms with Crippen LogP contribution in [0.1, 0.15) is 20.1 Å². The molecule has 2 aliphatic heterocycles. The van der Waals surface area contributed by atoms with Gasteiger partial charge in [-0.2, -0.15) is 0 Å². The Hall–Kier alpha value is -1.61. The van der Waals surface area contributed by atoms with Gasteiger partial charge in [0.25, 0.3) is 0 Å². The third-order valence-corrected chi connectivity index (χ3v) is 4.06. The molecule has 4 unspecified atom stereocenters. The van der Waals surface area contributed by atoms with Gasteiger partial charge in [-0.3, -0.25) is 4.57 Å². The van der Waals surface area contributed by atoms with Crippen LogP contribution in [-0.4, -0.2) is 49.9 Å². The lowest BCUT2D eigenvalue weighted by Crippen LogP contribution is -2.30. The minimum absolute atomic E-state index is 0.258. The third kappa shape index (κ3) is 1.95. The molecule has 0 amide bonds. The number of halogens is 1. The molecule has 9 heteroatoms. The van der Waals surface area contributed by atoms with Crippen molar-refractivity contribution in [2.45, 2.75) is 44.2 Å². The van der Waals surface area contributed by atoms with Crippen LogP contribution in [0, 0.1) is 0 Å². The largest absolute Gasteiger partial charge is 0.341 e. The van der Waals surface area contributed by atoms with E-state index < -0.39 is 30.3 Å². The fraction of sp³-hybridized carbons (Fsp3) is 0.538. The van der Waals surface area contributed by atoms with Gasteiger partial charge in [-0.15, -0.1) is 0 Å². The molecule has 2 fully saturated rings. The van der Waals surface area contributed by atoms with Crippen molar-refractivity contribution in [1.29, 1.82) is 0 Å². The van der Waals surface area contributed by atoms with Crippen LogP contribution in [0.15, 0.2) is 12.7 Å². The number of nitrogens with zero attached hydrogens (tertiary/aromatic N) is 4. The van der Waals surface area contributed by atoms with Gasteiger partial charge >= 0.3 is 0 Å². The molecule has 8 nitrogen and oxygen atoms in total. The highest BCUT2D eigenvalue weighted by Gasteiger charge is 2.56. The van der Waals surface area contributed by atoms with Crippen molar-refractivity contribution in [3.63, 3.8) is 0 Å². The zero-order valence-corrected chi connectivity index (χ0v) is 12.6. The topological polar surface area (TPSA) is 88.4 Å². The Bertz CT molecular complexity index is 749. The molecule has 4 rings (SSSR count). The van der Waals surface area contributed by atoms with Crippen LogP contribution < -0.4 is 0 Å². The van der Waals surface area contributed by atoms with E-state index in [2.05, 4.69) is 15.0 Å². The highest BCUT2D eigenvalue weighted by molar-refractivity contribution is 6.33. The SMILES string of the molecule is CC1(C)OC2C(C=O)OC(n3cnc4c(Cl)ncnc43)C2O1. The Kier molecular flexibility index (Phi) is 2.99. The molecule has 2 aromatic rings. The van der Waals surface area contributed by atoms with Gasteiger partial charge in [0.05, 0.1) is 6.33 Å². The van der Waals surface area contributed by atoms with Gasteiger partial charge in [-0.1, -0.05) is 11.6 Å². The van der Waals surface area contributed by atoms with Gasteiger partial charge in [0.2, 0.25) is 0 Å². The number of carbonyl (C=O) groups excluding carboxylic acids is 1. The van der Waals surface area contributed by atoms with Crippen LogP contribution in [0.25, 0.3) is 11.2 Å². The van der Waals surface area contributed by atoms with Crippen LogP contribution in [-0.2, 0) is 19.0 Å². The minimum Gasteiger partial charge on any atom is -0.341 e. The number of aromatic nitrogens is 4. The molecule has 0 radical (unpaired) electrons. The highest BCUT2D eigenvalue weighted by Crippen LogP contribution is 2.43. The van der Waals surface area contributed by atoms with Crippen molar-refractivity contribution < 1.29 is 19.0 Å². The smallest absolute Gasteiger partial charge is 0.167 e. The first kappa shape index (κ1) is 14.0. The Balaban J connectivity index is 1.78. The van der Waals surface area contributed by atoms with Crippen molar-refractivity contribution in [3.05, 3.63) is 17.8 Å². The lowest BCUT2D eigenvalue weighted by molar-refractivity contribution is -0.194. The molecule has 0 N–H and O–H groups in total. The number of ether oxygens (including phenoxy) is 3. The second-order valence-corrected chi connectivity index (χ2v) is 6.04. The van der Waals surface area contributed by atoms with Crippen LogP contribution in [0.5, 0.6) is 0 Å². The van der Waals surface area contributed by atoms with Gasteiger partial charge in [-0.05, 0) is 13.8 Å². The minimum atomic E-state index is -0.776. The van der Waals surface area contributed by atoms with E-state index in [1.165, 1.54) is 6.33 Å². The molecule has 2 aromatic heterocycles. The lowest BCUT2D eigenvalue weighted by atomic mass is 10.1. The highest BCUT2D eigenvalue weighted by atomic mass is 35.5. The van der Waals surface area contributed by atoms with E-state index in [9.17, 15) is 4.79 Å². The molecule has 2 aliphatic rings. The number of fused-ring (bicyclic) bond motifs is 2. The van der Waals surface area contributed by atoms with Gasteiger partial charge in [0, 0.05) is 0 Å². The molecule has 0 spiro atoms. The molecule has 2 saturated heterocycles. The standard InChI is InChI=1S/C13H13ClN4O4/c1-13(2)21-8-6(3-19)20-12(9(8)22-13)18-5-17-7-10(14)15-4-16-11(7)18/h3-6,8-9,12H,1-2H3. The molecule has 4 atom stereocenters. The molecular weight excluding hydrogens is 312 g/mol. The predicted octanol–water partition coefficient (Wildman–Crippen LogP) is 1.10. The number of aldehydes is 1. The van der Waals surface area contributed by atoms with Gasteiger partial charge in [0.1, 0.15) is 30.2 Å². The van der Waals surface area contributed by atoms with Gasteiger partial charge < -0.3 is 19.0 Å². The van der Waals surface area contributed by atoms with Crippen LogP contribution >= 0.6 is 11.6 Å². The number of hydrogen-bond donors (Lipinski definition) is 0. The fourth-order valence-electron chi connectivity index (χ4n) is 2.95. The van der Waals surface area contributed by atoms with Gasteiger partial charge in [-0.25, -0.2) is 15.0 Å². The summed E-state index contributed by atoms with van der Waals surface area (Å²) in [6.45, 7) is 3.60. The average molecular weight is 325 g/mol. The second kappa shape index (κ2) is 4.69. The van der Waals surface area contributed by atoms with Crippen LogP contribution in [0.3, 0.4) is 0 Å². The van der Waals surface area contributed by atoms with E-state index in [-0.39, 0.29) is 5.15 Å². The number of hydrogen-bond acceptors (Lipinski definition) is 7. The van der Waals surface area contributed by atoms with Gasteiger partial charge in [0.15, 0.2) is 29.1 Å². The third-order valence-electron chi connectivity index (χ3n) is 3.79. The summed E-state index contributed by atoms with van der Waals surface area (Å²) in [7, 11) is 0. The second-order valence-electron chi connectivity index (χ2n) is 5.68. The molecular formula is C13H13ClN4O4. The maximum Gasteiger partial charge on any atom is 0.167 e. The zero-order valence-electron chi connectivity index (χ0n) is 11.8. The van der Waals surface area contributed by atoms with Crippen molar-refractivity contribution in [1.82, 2.24) is 19.5 Å². The molecule has 116 valence electrons. The molecule has 4 heterocycles. The quantitative estimate of drug-likeness (QED) is 0.603. The molecule has 0 bridgehead atoms. The Morgan fingerprint density at radius 1 is 1.27 bits per heavy atom. The maximum absolute atomic E-state index is 11.3. The van der Waals surface area contributed by atoms with Crippen molar-refractivity contribution in [2.75, 3.05) is 0 Å². The van der Waals surface area contributed by atoms with E-state index in [4.69, 9.17) is 25.8 Å². The molecule has 0 aromatic carbocycles. The summed E-state index contributed by atoms with van der Waals surface area (Å²) in [5.74, 6) is -0.776. The Labute approximate surface area is 130 Å².